The zero-order chi connectivity index (χ0) is 22.8. The van der Waals surface area contributed by atoms with Crippen LogP contribution in [0.2, 0.25) is 0 Å². The minimum atomic E-state index is -0.227. The number of rotatable bonds is 6. The SMILES string of the molecule is CC(=O)c1noc(-c2cc(C(C)C)c(O)cc2O)c1-c1ccc(CN2CCOCC2)cc1. The van der Waals surface area contributed by atoms with Gasteiger partial charge in [-0.05, 0) is 28.7 Å². The molecule has 3 aromatic rings. The van der Waals surface area contributed by atoms with Crippen LogP contribution in [0, 0.1) is 0 Å². The zero-order valence-electron chi connectivity index (χ0n) is 18.6. The molecule has 2 heterocycles. The molecule has 0 bridgehead atoms. The number of hydrogen-bond donors (Lipinski definition) is 2. The molecule has 7 nitrogen and oxygen atoms in total. The summed E-state index contributed by atoms with van der Waals surface area (Å²) in [6.45, 7) is 9.48. The Morgan fingerprint density at radius 1 is 1.09 bits per heavy atom. The highest BCUT2D eigenvalue weighted by atomic mass is 16.5. The molecule has 1 fully saturated rings. The Morgan fingerprint density at radius 2 is 1.78 bits per heavy atom. The summed E-state index contributed by atoms with van der Waals surface area (Å²) in [6, 6.07) is 10.9. The molecule has 0 radical (unpaired) electrons. The fraction of sp³-hybridized carbons (Fsp3) is 0.360. The number of phenols is 2. The normalized spacial score (nSPS) is 14.8. The summed E-state index contributed by atoms with van der Waals surface area (Å²) in [5, 5.41) is 24.8. The molecule has 0 atom stereocenters. The maximum Gasteiger partial charge on any atom is 0.182 e. The second-order valence-corrected chi connectivity index (χ2v) is 8.46. The van der Waals surface area contributed by atoms with Crippen LogP contribution in [-0.4, -0.2) is 52.4 Å². The van der Waals surface area contributed by atoms with Gasteiger partial charge in [0.05, 0.1) is 24.3 Å². The standard InChI is InChI=1S/C25H28N2O5/c1-15(2)19-12-20(22(30)13-21(19)29)25-23(24(16(3)28)26-32-25)18-6-4-17(5-7-18)14-27-8-10-31-11-9-27/h4-7,12-13,15,29-30H,8-11,14H2,1-3H3. The molecular weight excluding hydrogens is 408 g/mol. The van der Waals surface area contributed by atoms with Gasteiger partial charge < -0.3 is 19.5 Å². The van der Waals surface area contributed by atoms with E-state index in [9.17, 15) is 15.0 Å². The zero-order valence-corrected chi connectivity index (χ0v) is 18.6. The van der Waals surface area contributed by atoms with Crippen LogP contribution in [-0.2, 0) is 11.3 Å². The van der Waals surface area contributed by atoms with Gasteiger partial charge in [0.15, 0.2) is 17.2 Å². The third-order valence-electron chi connectivity index (χ3n) is 5.79. The lowest BCUT2D eigenvalue weighted by atomic mass is 9.93. The number of ketones is 1. The first-order valence-electron chi connectivity index (χ1n) is 10.8. The van der Waals surface area contributed by atoms with Crippen molar-refractivity contribution in [3.8, 4) is 33.9 Å². The molecule has 7 heteroatoms. The van der Waals surface area contributed by atoms with Crippen LogP contribution in [0.3, 0.4) is 0 Å². The van der Waals surface area contributed by atoms with Crippen LogP contribution in [0.1, 0.15) is 48.3 Å². The minimum absolute atomic E-state index is 0.0153. The molecule has 0 saturated carbocycles. The first kappa shape index (κ1) is 22.0. The molecule has 168 valence electrons. The van der Waals surface area contributed by atoms with Crippen LogP contribution in [0.4, 0.5) is 0 Å². The highest BCUT2D eigenvalue weighted by Gasteiger charge is 2.25. The summed E-state index contributed by atoms with van der Waals surface area (Å²) in [5.74, 6) is -0.0114. The maximum atomic E-state index is 12.3. The van der Waals surface area contributed by atoms with E-state index < -0.39 is 0 Å². The van der Waals surface area contributed by atoms with E-state index in [2.05, 4.69) is 10.1 Å². The van der Waals surface area contributed by atoms with E-state index in [1.54, 1.807) is 6.07 Å². The van der Waals surface area contributed by atoms with Crippen molar-refractivity contribution in [1.82, 2.24) is 10.1 Å². The number of hydrogen-bond acceptors (Lipinski definition) is 7. The lowest BCUT2D eigenvalue weighted by Gasteiger charge is -2.26. The minimum Gasteiger partial charge on any atom is -0.508 e. The number of benzene rings is 2. The largest absolute Gasteiger partial charge is 0.508 e. The summed E-state index contributed by atoms with van der Waals surface area (Å²) in [7, 11) is 0. The number of carbonyl (C=O) groups excluding carboxylic acids is 1. The molecule has 1 aromatic heterocycles. The lowest BCUT2D eigenvalue weighted by molar-refractivity contribution is 0.0342. The molecular formula is C25H28N2O5. The van der Waals surface area contributed by atoms with E-state index in [0.717, 1.165) is 44.0 Å². The molecule has 2 N–H and O–H groups in total. The second-order valence-electron chi connectivity index (χ2n) is 8.46. The van der Waals surface area contributed by atoms with Crippen molar-refractivity contribution in [2.24, 2.45) is 0 Å². The van der Waals surface area contributed by atoms with Crippen LogP contribution >= 0.6 is 0 Å². The van der Waals surface area contributed by atoms with E-state index in [4.69, 9.17) is 9.26 Å². The van der Waals surface area contributed by atoms with Gasteiger partial charge in [-0.2, -0.15) is 0 Å². The molecule has 0 unspecified atom stereocenters. The molecule has 2 aromatic carbocycles. The van der Waals surface area contributed by atoms with Crippen molar-refractivity contribution in [3.05, 3.63) is 53.2 Å². The number of morpholine rings is 1. The average molecular weight is 437 g/mol. The molecule has 0 spiro atoms. The quantitative estimate of drug-likeness (QED) is 0.546. The second kappa shape index (κ2) is 9.14. The van der Waals surface area contributed by atoms with Gasteiger partial charge in [0, 0.05) is 32.6 Å². The predicted molar refractivity (Wildman–Crippen MR) is 121 cm³/mol. The van der Waals surface area contributed by atoms with Crippen LogP contribution in [0.25, 0.3) is 22.5 Å². The number of phenolic OH excluding ortho intramolecular Hbond substituents is 2. The monoisotopic (exact) mass is 436 g/mol. The maximum absolute atomic E-state index is 12.3. The Kier molecular flexibility index (Phi) is 6.30. The van der Waals surface area contributed by atoms with Crippen molar-refractivity contribution in [1.29, 1.82) is 0 Å². The van der Waals surface area contributed by atoms with Crippen LogP contribution in [0.5, 0.6) is 11.5 Å². The summed E-state index contributed by atoms with van der Waals surface area (Å²) < 4.78 is 11.0. The van der Waals surface area contributed by atoms with E-state index in [0.29, 0.717) is 22.5 Å². The van der Waals surface area contributed by atoms with Crippen molar-refractivity contribution in [3.63, 3.8) is 0 Å². The summed E-state index contributed by atoms with van der Waals surface area (Å²) in [6.07, 6.45) is 0. The fourth-order valence-electron chi connectivity index (χ4n) is 4.01. The van der Waals surface area contributed by atoms with Gasteiger partial charge in [-0.15, -0.1) is 0 Å². The Balaban J connectivity index is 1.74. The third-order valence-corrected chi connectivity index (χ3v) is 5.79. The van der Waals surface area contributed by atoms with Gasteiger partial charge in [-0.1, -0.05) is 43.3 Å². The van der Waals surface area contributed by atoms with Gasteiger partial charge in [0.2, 0.25) is 0 Å². The first-order chi connectivity index (χ1) is 15.3. The highest BCUT2D eigenvalue weighted by molar-refractivity contribution is 6.02. The number of Topliss-reactive ketones (excluding diaryl/α,β-unsaturated/α-hetero) is 1. The molecule has 0 amide bonds. The molecule has 1 saturated heterocycles. The first-order valence-corrected chi connectivity index (χ1v) is 10.8. The van der Waals surface area contributed by atoms with Gasteiger partial charge in [0.25, 0.3) is 0 Å². The number of nitrogens with zero attached hydrogens (tertiary/aromatic N) is 2. The van der Waals surface area contributed by atoms with Crippen molar-refractivity contribution in [2.45, 2.75) is 33.2 Å². The topological polar surface area (TPSA) is 96.0 Å². The van der Waals surface area contributed by atoms with Crippen molar-refractivity contribution in [2.75, 3.05) is 26.3 Å². The predicted octanol–water partition coefficient (Wildman–Crippen LogP) is 4.58. The number of aromatic nitrogens is 1. The third kappa shape index (κ3) is 4.40. The molecule has 0 aliphatic carbocycles. The van der Waals surface area contributed by atoms with E-state index in [1.807, 2.05) is 38.1 Å². The van der Waals surface area contributed by atoms with Crippen molar-refractivity contribution >= 4 is 5.78 Å². The van der Waals surface area contributed by atoms with Gasteiger partial charge >= 0.3 is 0 Å². The summed E-state index contributed by atoms with van der Waals surface area (Å²) in [4.78, 5) is 14.6. The smallest absolute Gasteiger partial charge is 0.182 e. The van der Waals surface area contributed by atoms with Crippen molar-refractivity contribution < 1.29 is 24.3 Å². The average Bonchev–Trinajstić information content (AvgIpc) is 3.20. The van der Waals surface area contributed by atoms with E-state index in [1.165, 1.54) is 13.0 Å². The van der Waals surface area contributed by atoms with Crippen LogP contribution in [0.15, 0.2) is 40.9 Å². The number of aromatic hydroxyl groups is 2. The highest BCUT2D eigenvalue weighted by Crippen LogP contribution is 2.43. The summed E-state index contributed by atoms with van der Waals surface area (Å²) >= 11 is 0. The molecule has 4 rings (SSSR count). The van der Waals surface area contributed by atoms with Gasteiger partial charge in [-0.3, -0.25) is 9.69 Å². The summed E-state index contributed by atoms with van der Waals surface area (Å²) in [5.41, 5.74) is 3.73. The lowest BCUT2D eigenvalue weighted by Crippen LogP contribution is -2.35. The Labute approximate surface area is 187 Å². The van der Waals surface area contributed by atoms with Gasteiger partial charge in [0.1, 0.15) is 11.5 Å². The van der Waals surface area contributed by atoms with Gasteiger partial charge in [-0.25, -0.2) is 0 Å². The van der Waals surface area contributed by atoms with Crippen LogP contribution < -0.4 is 0 Å². The fourth-order valence-corrected chi connectivity index (χ4v) is 4.01. The number of ether oxygens (including phenoxy) is 1. The Hall–Kier alpha value is -3.16. The Bertz CT molecular complexity index is 1110. The molecule has 1 aliphatic heterocycles. The number of carbonyl (C=O) groups is 1. The van der Waals surface area contributed by atoms with E-state index in [-0.39, 0.29) is 28.9 Å². The molecule has 32 heavy (non-hydrogen) atoms. The molecule has 1 aliphatic rings. The van der Waals surface area contributed by atoms with E-state index >= 15 is 0 Å². The Morgan fingerprint density at radius 3 is 2.41 bits per heavy atom.